The normalized spacial score (nSPS) is 12.7. The molecule has 0 N–H and O–H groups in total. The van der Waals surface area contributed by atoms with Crippen molar-refractivity contribution in [1.29, 1.82) is 0 Å². The first-order valence-corrected chi connectivity index (χ1v) is 5.73. The summed E-state index contributed by atoms with van der Waals surface area (Å²) in [5.41, 5.74) is 0. The van der Waals surface area contributed by atoms with Crippen molar-refractivity contribution in [3.63, 3.8) is 0 Å². The average molecular weight is 212 g/mol. The fraction of sp³-hybridized carbons (Fsp3) is 0.545. The maximum atomic E-state index is 11.6. The minimum atomic E-state index is -0.213. The molecule has 2 nitrogen and oxygen atoms in total. The number of carbonyl (C=O) groups is 1. The molecule has 78 valence electrons. The molecule has 0 fully saturated rings. The van der Waals surface area contributed by atoms with Crippen LogP contribution in [0.5, 0.6) is 0 Å². The van der Waals surface area contributed by atoms with Gasteiger partial charge in [-0.05, 0) is 24.3 Å². The average Bonchev–Trinajstić information content (AvgIpc) is 2.69. The van der Waals surface area contributed by atoms with Gasteiger partial charge in [-0.15, -0.1) is 11.3 Å². The molecule has 0 spiro atoms. The van der Waals surface area contributed by atoms with Crippen molar-refractivity contribution in [2.75, 3.05) is 7.11 Å². The van der Waals surface area contributed by atoms with E-state index < -0.39 is 0 Å². The first kappa shape index (κ1) is 11.4. The van der Waals surface area contributed by atoms with E-state index in [0.717, 1.165) is 12.8 Å². The summed E-state index contributed by atoms with van der Waals surface area (Å²) in [5, 5.41) is 2.04. The third-order valence-corrected chi connectivity index (χ3v) is 3.15. The minimum Gasteiger partial charge on any atom is -0.374 e. The molecule has 0 aliphatic carbocycles. The quantitative estimate of drug-likeness (QED) is 0.724. The van der Waals surface area contributed by atoms with Gasteiger partial charge >= 0.3 is 0 Å². The van der Waals surface area contributed by atoms with Crippen molar-refractivity contribution in [3.8, 4) is 0 Å². The Hall–Kier alpha value is -0.670. The molecule has 0 saturated heterocycles. The number of hydrogen-bond donors (Lipinski definition) is 0. The second-order valence-corrected chi connectivity index (χ2v) is 4.21. The van der Waals surface area contributed by atoms with Gasteiger partial charge in [-0.3, -0.25) is 4.79 Å². The molecule has 1 heterocycles. The predicted molar refractivity (Wildman–Crippen MR) is 58.7 cm³/mol. The highest BCUT2D eigenvalue weighted by atomic mass is 32.1. The van der Waals surface area contributed by atoms with Crippen LogP contribution in [0.15, 0.2) is 17.5 Å². The van der Waals surface area contributed by atoms with Crippen LogP contribution >= 0.6 is 11.3 Å². The summed E-state index contributed by atoms with van der Waals surface area (Å²) in [4.78, 5) is 12.8. The Kier molecular flexibility index (Phi) is 4.84. The summed E-state index contributed by atoms with van der Waals surface area (Å²) in [7, 11) is 1.59. The summed E-state index contributed by atoms with van der Waals surface area (Å²) in [6, 6.07) is 4.07. The lowest BCUT2D eigenvalue weighted by atomic mass is 10.1. The monoisotopic (exact) mass is 212 g/mol. The molecular weight excluding hydrogens is 196 g/mol. The smallest absolute Gasteiger partial charge is 0.161 e. The fourth-order valence-corrected chi connectivity index (χ4v) is 2.10. The molecule has 0 aliphatic heterocycles. The zero-order chi connectivity index (χ0) is 10.4. The van der Waals surface area contributed by atoms with E-state index in [-0.39, 0.29) is 11.9 Å². The van der Waals surface area contributed by atoms with E-state index in [1.165, 1.54) is 4.88 Å². The Morgan fingerprint density at radius 1 is 1.64 bits per heavy atom. The SMILES string of the molecule is CCC(OC)C(=O)CCc1cccs1. The number of rotatable bonds is 6. The van der Waals surface area contributed by atoms with Crippen LogP contribution in [0.2, 0.25) is 0 Å². The summed E-state index contributed by atoms with van der Waals surface area (Å²) in [6.07, 6.45) is 1.98. The zero-order valence-electron chi connectivity index (χ0n) is 8.66. The Balaban J connectivity index is 2.34. The van der Waals surface area contributed by atoms with Gasteiger partial charge in [-0.1, -0.05) is 13.0 Å². The van der Waals surface area contributed by atoms with Crippen molar-refractivity contribution in [2.45, 2.75) is 32.3 Å². The van der Waals surface area contributed by atoms with Gasteiger partial charge in [0.2, 0.25) is 0 Å². The Morgan fingerprint density at radius 2 is 2.43 bits per heavy atom. The maximum absolute atomic E-state index is 11.6. The number of carbonyl (C=O) groups excluding carboxylic acids is 1. The molecule has 0 aromatic carbocycles. The van der Waals surface area contributed by atoms with Gasteiger partial charge in [-0.25, -0.2) is 0 Å². The van der Waals surface area contributed by atoms with Crippen molar-refractivity contribution in [3.05, 3.63) is 22.4 Å². The largest absolute Gasteiger partial charge is 0.374 e. The van der Waals surface area contributed by atoms with Crippen LogP contribution in [0.1, 0.15) is 24.6 Å². The van der Waals surface area contributed by atoms with Crippen LogP contribution in [0.3, 0.4) is 0 Å². The standard InChI is InChI=1S/C11H16O2S/c1-3-11(13-2)10(12)7-6-9-5-4-8-14-9/h4-5,8,11H,3,6-7H2,1-2H3. The Labute approximate surface area is 88.9 Å². The second kappa shape index (κ2) is 5.94. The zero-order valence-corrected chi connectivity index (χ0v) is 9.47. The lowest BCUT2D eigenvalue weighted by molar-refractivity contribution is -0.128. The number of ketones is 1. The third-order valence-electron chi connectivity index (χ3n) is 2.21. The van der Waals surface area contributed by atoms with E-state index in [1.807, 2.05) is 18.4 Å². The number of thiophene rings is 1. The fourth-order valence-electron chi connectivity index (χ4n) is 1.39. The first-order valence-electron chi connectivity index (χ1n) is 4.85. The van der Waals surface area contributed by atoms with Gasteiger partial charge in [0.1, 0.15) is 6.10 Å². The molecule has 0 amide bonds. The van der Waals surface area contributed by atoms with Gasteiger partial charge in [0, 0.05) is 18.4 Å². The lowest BCUT2D eigenvalue weighted by Gasteiger charge is -2.10. The first-order chi connectivity index (χ1) is 6.77. The van der Waals surface area contributed by atoms with E-state index >= 15 is 0 Å². The summed E-state index contributed by atoms with van der Waals surface area (Å²) >= 11 is 1.70. The predicted octanol–water partition coefficient (Wildman–Crippen LogP) is 2.67. The summed E-state index contributed by atoms with van der Waals surface area (Å²) in [5.74, 6) is 0.211. The van der Waals surface area contributed by atoms with E-state index in [1.54, 1.807) is 18.4 Å². The van der Waals surface area contributed by atoms with E-state index in [2.05, 4.69) is 6.07 Å². The molecular formula is C11H16O2S. The molecule has 1 aromatic rings. The van der Waals surface area contributed by atoms with Crippen LogP contribution in [-0.4, -0.2) is 19.0 Å². The van der Waals surface area contributed by atoms with Crippen LogP contribution in [0.4, 0.5) is 0 Å². The molecule has 0 aliphatic rings. The highest BCUT2D eigenvalue weighted by molar-refractivity contribution is 7.09. The molecule has 1 rings (SSSR count). The molecule has 1 aromatic heterocycles. The highest BCUT2D eigenvalue weighted by Gasteiger charge is 2.14. The summed E-state index contributed by atoms with van der Waals surface area (Å²) in [6.45, 7) is 1.97. The van der Waals surface area contributed by atoms with Gasteiger partial charge in [0.15, 0.2) is 5.78 Å². The second-order valence-electron chi connectivity index (χ2n) is 3.18. The van der Waals surface area contributed by atoms with Crippen molar-refractivity contribution in [2.24, 2.45) is 0 Å². The minimum absolute atomic E-state index is 0.211. The van der Waals surface area contributed by atoms with Crippen LogP contribution in [0.25, 0.3) is 0 Å². The third kappa shape index (κ3) is 3.24. The van der Waals surface area contributed by atoms with Gasteiger partial charge < -0.3 is 4.74 Å². The molecule has 0 bridgehead atoms. The Morgan fingerprint density at radius 3 is 2.93 bits per heavy atom. The molecule has 0 radical (unpaired) electrons. The van der Waals surface area contributed by atoms with Crippen LogP contribution < -0.4 is 0 Å². The highest BCUT2D eigenvalue weighted by Crippen LogP contribution is 2.12. The van der Waals surface area contributed by atoms with Crippen molar-refractivity contribution < 1.29 is 9.53 Å². The maximum Gasteiger partial charge on any atom is 0.161 e. The van der Waals surface area contributed by atoms with Crippen molar-refractivity contribution >= 4 is 17.1 Å². The molecule has 3 heteroatoms. The molecule has 14 heavy (non-hydrogen) atoms. The van der Waals surface area contributed by atoms with Crippen molar-refractivity contribution in [1.82, 2.24) is 0 Å². The molecule has 1 atom stereocenters. The van der Waals surface area contributed by atoms with Crippen LogP contribution in [0, 0.1) is 0 Å². The lowest BCUT2D eigenvalue weighted by Crippen LogP contribution is -2.22. The molecule has 0 saturated carbocycles. The topological polar surface area (TPSA) is 26.3 Å². The number of aryl methyl sites for hydroxylation is 1. The number of Topliss-reactive ketones (excluding diaryl/α,β-unsaturated/α-hetero) is 1. The van der Waals surface area contributed by atoms with Gasteiger partial charge in [-0.2, -0.15) is 0 Å². The van der Waals surface area contributed by atoms with E-state index in [0.29, 0.717) is 6.42 Å². The summed E-state index contributed by atoms with van der Waals surface area (Å²) < 4.78 is 5.09. The van der Waals surface area contributed by atoms with E-state index in [4.69, 9.17) is 4.74 Å². The number of ether oxygens (including phenoxy) is 1. The number of methoxy groups -OCH3 is 1. The Bertz CT molecular complexity index is 263. The van der Waals surface area contributed by atoms with Gasteiger partial charge in [0.05, 0.1) is 0 Å². The number of hydrogen-bond acceptors (Lipinski definition) is 3. The van der Waals surface area contributed by atoms with E-state index in [9.17, 15) is 4.79 Å². The van der Waals surface area contributed by atoms with Gasteiger partial charge in [0.25, 0.3) is 0 Å². The van der Waals surface area contributed by atoms with Crippen LogP contribution in [-0.2, 0) is 16.0 Å². The molecule has 1 unspecified atom stereocenters.